The first-order valence-electron chi connectivity index (χ1n) is 11.9. The number of carboxylic acid groups (broad SMARTS) is 1. The Kier molecular flexibility index (Phi) is 12.2. The Morgan fingerprint density at radius 1 is 1.02 bits per heavy atom. The normalized spacial score (nSPS) is 11.5. The van der Waals surface area contributed by atoms with Gasteiger partial charge in [0.15, 0.2) is 0 Å². The highest BCUT2D eigenvalue weighted by atomic mass is 35.5. The zero-order chi connectivity index (χ0) is 35.9. The highest BCUT2D eigenvalue weighted by Gasteiger charge is 2.31. The Bertz CT molecular complexity index is 1870. The van der Waals surface area contributed by atoms with Gasteiger partial charge in [0.1, 0.15) is 17.1 Å². The Labute approximate surface area is 268 Å². The molecular weight excluding hydrogens is 709 g/mol. The maximum absolute atomic E-state index is 12.6. The van der Waals surface area contributed by atoms with E-state index in [1.54, 1.807) is 0 Å². The molecular formula is C23H22ClF3N6O12S2. The molecule has 0 aliphatic heterocycles. The summed E-state index contributed by atoms with van der Waals surface area (Å²) in [5.74, 6) is -2.03. The zero-order valence-corrected chi connectivity index (χ0v) is 26.5. The van der Waals surface area contributed by atoms with Gasteiger partial charge < -0.3 is 19.3 Å². The summed E-state index contributed by atoms with van der Waals surface area (Å²) in [6.45, 7) is 0. The number of methoxy groups -OCH3 is 2. The number of nitro groups is 1. The third-order valence-corrected chi connectivity index (χ3v) is 8.98. The standard InChI is InChI=1S/C14H7ClF3NO5.C9H15N5O7S2/c15-10-5-7(14(16,17)18)1-4-12(10)24-8-2-3-11(19(22)23)9(6-8)13(20)21;1-14(22(4,16)17)23(18,19)13-9(15)12-8-10-6(20-2)5-7(11-8)21-3/h1-6H,(H,20,21);5H,1-4H3,(H2,10,11,12,13,15). The third-order valence-electron chi connectivity index (χ3n) is 5.23. The predicted octanol–water partition coefficient (Wildman–Crippen LogP) is 3.51. The number of alkyl halides is 3. The number of carbonyl (C=O) groups is 2. The number of hydrogen-bond donors (Lipinski definition) is 3. The van der Waals surface area contributed by atoms with Gasteiger partial charge in [0.05, 0.1) is 42.1 Å². The lowest BCUT2D eigenvalue weighted by Gasteiger charge is -2.15. The maximum atomic E-state index is 12.6. The number of nitrogens with zero attached hydrogens (tertiary/aromatic N) is 4. The molecule has 0 atom stereocenters. The lowest BCUT2D eigenvalue weighted by Crippen LogP contribution is -2.45. The molecule has 3 N–H and O–H groups in total. The summed E-state index contributed by atoms with van der Waals surface area (Å²) in [7, 11) is -5.27. The van der Waals surface area contributed by atoms with Crippen LogP contribution in [0.5, 0.6) is 23.3 Å². The van der Waals surface area contributed by atoms with Crippen LogP contribution in [-0.4, -0.2) is 80.1 Å². The number of hydrogen-bond acceptors (Lipinski definition) is 13. The number of amides is 2. The number of sulfonamides is 1. The van der Waals surface area contributed by atoms with Gasteiger partial charge in [-0.1, -0.05) is 15.3 Å². The summed E-state index contributed by atoms with van der Waals surface area (Å²) in [4.78, 5) is 40.1. The van der Waals surface area contributed by atoms with Crippen molar-refractivity contribution in [3.05, 3.63) is 68.7 Å². The molecule has 1 aromatic heterocycles. The molecule has 0 bridgehead atoms. The lowest BCUT2D eigenvalue weighted by atomic mass is 10.1. The van der Waals surface area contributed by atoms with Gasteiger partial charge in [-0.2, -0.15) is 31.6 Å². The largest absolute Gasteiger partial charge is 0.481 e. The van der Waals surface area contributed by atoms with Crippen molar-refractivity contribution in [2.45, 2.75) is 6.18 Å². The van der Waals surface area contributed by atoms with Crippen molar-refractivity contribution in [2.75, 3.05) is 32.8 Å². The highest BCUT2D eigenvalue weighted by molar-refractivity contribution is 8.03. The summed E-state index contributed by atoms with van der Waals surface area (Å²) in [6, 6.07) is 5.33. The van der Waals surface area contributed by atoms with Crippen molar-refractivity contribution < 1.29 is 63.8 Å². The molecule has 2 aromatic carbocycles. The number of ether oxygens (including phenoxy) is 3. The van der Waals surface area contributed by atoms with E-state index in [9.17, 15) is 49.7 Å². The summed E-state index contributed by atoms with van der Waals surface area (Å²) in [6.07, 6.45) is -3.91. The Hall–Kier alpha value is -5.00. The van der Waals surface area contributed by atoms with Crippen LogP contribution in [0.4, 0.5) is 29.6 Å². The van der Waals surface area contributed by atoms with E-state index in [0.717, 1.165) is 37.4 Å². The van der Waals surface area contributed by atoms with Crippen molar-refractivity contribution in [1.29, 1.82) is 0 Å². The molecule has 0 aliphatic rings. The van der Waals surface area contributed by atoms with Gasteiger partial charge in [0, 0.05) is 19.2 Å². The van der Waals surface area contributed by atoms with Gasteiger partial charge in [-0.3, -0.25) is 15.4 Å². The Balaban J connectivity index is 0.000000327. The van der Waals surface area contributed by atoms with Crippen LogP contribution < -0.4 is 24.2 Å². The molecule has 0 fully saturated rings. The van der Waals surface area contributed by atoms with E-state index in [4.69, 9.17) is 30.9 Å². The van der Waals surface area contributed by atoms with E-state index >= 15 is 0 Å². The van der Waals surface area contributed by atoms with Crippen molar-refractivity contribution in [3.8, 4) is 23.3 Å². The average Bonchev–Trinajstić information content (AvgIpc) is 2.96. The first-order valence-corrected chi connectivity index (χ1v) is 15.6. The molecule has 256 valence electrons. The van der Waals surface area contributed by atoms with E-state index in [2.05, 4.69) is 9.97 Å². The number of urea groups is 1. The predicted molar refractivity (Wildman–Crippen MR) is 155 cm³/mol. The Morgan fingerprint density at radius 3 is 2.04 bits per heavy atom. The molecule has 0 unspecified atom stereocenters. The molecule has 24 heteroatoms. The first kappa shape index (κ1) is 38.2. The van der Waals surface area contributed by atoms with Crippen molar-refractivity contribution in [1.82, 2.24) is 18.4 Å². The molecule has 0 saturated heterocycles. The quantitative estimate of drug-likeness (QED) is 0.200. The van der Waals surface area contributed by atoms with Gasteiger partial charge in [-0.15, -0.1) is 0 Å². The number of carbonyl (C=O) groups excluding carboxylic acids is 1. The van der Waals surface area contributed by atoms with E-state index in [1.165, 1.54) is 25.0 Å². The summed E-state index contributed by atoms with van der Waals surface area (Å²) < 4.78 is 99.9. The smallest absolute Gasteiger partial charge is 0.416 e. The molecule has 0 radical (unpaired) electrons. The second-order valence-corrected chi connectivity index (χ2v) is 12.8. The number of aromatic carboxylic acids is 1. The molecule has 0 aliphatic carbocycles. The second-order valence-electron chi connectivity index (χ2n) is 8.47. The van der Waals surface area contributed by atoms with Crippen molar-refractivity contribution >= 4 is 55.5 Å². The van der Waals surface area contributed by atoms with Gasteiger partial charge in [0.25, 0.3) is 5.69 Å². The molecule has 3 rings (SSSR count). The van der Waals surface area contributed by atoms with Gasteiger partial charge in [0.2, 0.25) is 27.7 Å². The minimum Gasteiger partial charge on any atom is -0.481 e. The summed E-state index contributed by atoms with van der Waals surface area (Å²) in [5, 5.41) is 21.4. The van der Waals surface area contributed by atoms with Gasteiger partial charge in [-0.05, 0) is 24.3 Å². The van der Waals surface area contributed by atoms with Crippen LogP contribution >= 0.6 is 11.6 Å². The van der Waals surface area contributed by atoms with Crippen LogP contribution in [0.15, 0.2) is 42.5 Å². The number of anilines is 1. The molecule has 0 saturated carbocycles. The monoisotopic (exact) mass is 730 g/mol. The number of carboxylic acids is 1. The zero-order valence-electron chi connectivity index (χ0n) is 24.1. The van der Waals surface area contributed by atoms with E-state index in [-0.39, 0.29) is 37.9 Å². The summed E-state index contributed by atoms with van der Waals surface area (Å²) in [5.41, 5.74) is -2.25. The number of halogens is 4. The van der Waals surface area contributed by atoms with E-state index in [0.29, 0.717) is 12.3 Å². The molecule has 47 heavy (non-hydrogen) atoms. The molecule has 18 nitrogen and oxygen atoms in total. The average molecular weight is 731 g/mol. The third kappa shape index (κ3) is 10.8. The number of nitrogens with one attached hydrogen (secondary N) is 2. The topological polar surface area (TPSA) is 247 Å². The van der Waals surface area contributed by atoms with Crippen LogP contribution in [0.3, 0.4) is 0 Å². The second kappa shape index (κ2) is 15.1. The fraction of sp³-hybridized carbons (Fsp3) is 0.217. The minimum absolute atomic E-state index is 0.00654. The van der Waals surface area contributed by atoms with Crippen LogP contribution in [0.25, 0.3) is 0 Å². The lowest BCUT2D eigenvalue weighted by molar-refractivity contribution is -0.385. The van der Waals surface area contributed by atoms with Gasteiger partial charge in [-0.25, -0.2) is 22.7 Å². The highest BCUT2D eigenvalue weighted by Crippen LogP contribution is 2.37. The van der Waals surface area contributed by atoms with E-state index in [1.807, 2.05) is 5.32 Å². The van der Waals surface area contributed by atoms with Crippen LogP contribution in [0.2, 0.25) is 5.02 Å². The van der Waals surface area contributed by atoms with Crippen LogP contribution in [0, 0.1) is 10.1 Å². The molecule has 1 heterocycles. The van der Waals surface area contributed by atoms with Crippen LogP contribution in [-0.2, 0) is 26.4 Å². The van der Waals surface area contributed by atoms with Gasteiger partial charge >= 0.3 is 28.4 Å². The number of aromatic nitrogens is 2. The summed E-state index contributed by atoms with van der Waals surface area (Å²) >= 11 is 5.72. The number of rotatable bonds is 10. The first-order chi connectivity index (χ1) is 21.6. The van der Waals surface area contributed by atoms with Crippen molar-refractivity contribution in [3.63, 3.8) is 0 Å². The number of benzene rings is 2. The molecule has 3 aromatic rings. The molecule has 2 amide bonds. The minimum atomic E-state index is -4.60. The Morgan fingerprint density at radius 2 is 1.60 bits per heavy atom. The number of nitro benzene ring substituents is 1. The maximum Gasteiger partial charge on any atom is 0.416 e. The van der Waals surface area contributed by atoms with E-state index < -0.39 is 60.1 Å². The SMILES string of the molecule is COc1cc(OC)nc(NC(=O)NS(=O)(=O)N(C)S(C)(=O)=O)n1.O=C(O)c1cc(Oc2ccc(C(F)(F)F)cc2Cl)ccc1[N+](=O)[O-]. The molecule has 0 spiro atoms. The fourth-order valence-corrected chi connectivity index (χ4v) is 5.12. The van der Waals surface area contributed by atoms with Crippen LogP contribution in [0.1, 0.15) is 15.9 Å². The van der Waals surface area contributed by atoms with Crippen molar-refractivity contribution in [2.24, 2.45) is 0 Å². The fourth-order valence-electron chi connectivity index (χ4n) is 2.95.